The molecule has 0 atom stereocenters. The van der Waals surface area contributed by atoms with E-state index in [1.807, 2.05) is 18.2 Å². The fraction of sp³-hybridized carbons (Fsp3) is 0.167. The van der Waals surface area contributed by atoms with Crippen molar-refractivity contribution in [1.29, 1.82) is 0 Å². The van der Waals surface area contributed by atoms with Crippen molar-refractivity contribution in [3.8, 4) is 0 Å². The van der Waals surface area contributed by atoms with Gasteiger partial charge in [-0.1, -0.05) is 18.3 Å². The molecule has 1 rings (SSSR count). The minimum atomic E-state index is 0.765. The van der Waals surface area contributed by atoms with Gasteiger partial charge in [0.15, 0.2) is 0 Å². The number of hydrogen-bond acceptors (Lipinski definition) is 2. The van der Waals surface area contributed by atoms with E-state index < -0.39 is 0 Å². The smallest absolute Gasteiger partial charge is 0.0322 e. The molecule has 0 spiro atoms. The quantitative estimate of drug-likeness (QED) is 0.492. The summed E-state index contributed by atoms with van der Waals surface area (Å²) < 4.78 is 0. The molecule has 0 bridgehead atoms. The minimum Gasteiger partial charge on any atom is -0.399 e. The lowest BCUT2D eigenvalue weighted by molar-refractivity contribution is 1.36. The first-order chi connectivity index (χ1) is 3.79. The Kier molecular flexibility index (Phi) is 1.44. The first-order valence-electron chi connectivity index (χ1n) is 2.45. The second-order valence-electron chi connectivity index (χ2n) is 1.72. The Hall–Kier alpha value is -0.630. The zero-order chi connectivity index (χ0) is 5.98. The summed E-state index contributed by atoms with van der Waals surface area (Å²) in [6, 6.07) is 0. The van der Waals surface area contributed by atoms with Crippen LogP contribution in [0.4, 0.5) is 0 Å². The Balaban J connectivity index is 2.77. The highest BCUT2D eigenvalue weighted by molar-refractivity contribution is 7.80. The van der Waals surface area contributed by atoms with Crippen LogP contribution < -0.4 is 5.73 Å². The highest BCUT2D eigenvalue weighted by Gasteiger charge is 1.94. The molecule has 0 amide bonds. The van der Waals surface area contributed by atoms with Gasteiger partial charge in [-0.05, 0) is 12.2 Å². The van der Waals surface area contributed by atoms with Crippen LogP contribution in [0.25, 0.3) is 0 Å². The largest absolute Gasteiger partial charge is 0.399 e. The number of allylic oxidation sites excluding steroid dienone is 3. The van der Waals surface area contributed by atoms with Crippen LogP contribution >= 0.6 is 12.2 Å². The van der Waals surface area contributed by atoms with Crippen LogP contribution in [0.5, 0.6) is 0 Å². The molecule has 1 aliphatic carbocycles. The minimum absolute atomic E-state index is 0.765. The molecule has 2 N–H and O–H groups in total. The fourth-order valence-electron chi connectivity index (χ4n) is 0.604. The Bertz CT molecular complexity index is 167. The predicted octanol–water partition coefficient (Wildman–Crippen LogP) is 1.16. The first-order valence-corrected chi connectivity index (χ1v) is 2.86. The lowest BCUT2D eigenvalue weighted by atomic mass is 10.1. The molecule has 0 aromatic carbocycles. The van der Waals surface area contributed by atoms with Gasteiger partial charge < -0.3 is 5.73 Å². The van der Waals surface area contributed by atoms with Crippen molar-refractivity contribution in [2.45, 2.75) is 6.42 Å². The van der Waals surface area contributed by atoms with Crippen LogP contribution in [0, 0.1) is 0 Å². The summed E-state index contributed by atoms with van der Waals surface area (Å²) >= 11 is 4.88. The van der Waals surface area contributed by atoms with Crippen molar-refractivity contribution in [2.24, 2.45) is 5.73 Å². The Labute approximate surface area is 53.9 Å². The van der Waals surface area contributed by atoms with Crippen molar-refractivity contribution < 1.29 is 0 Å². The van der Waals surface area contributed by atoms with Crippen molar-refractivity contribution in [2.75, 3.05) is 0 Å². The van der Waals surface area contributed by atoms with Gasteiger partial charge >= 0.3 is 0 Å². The standard InChI is InChI=1S/C6H7NS/c7-5-2-1-3-6(8)4-5/h1-2,4H,3,7H2. The van der Waals surface area contributed by atoms with Gasteiger partial charge in [0, 0.05) is 17.0 Å². The number of rotatable bonds is 0. The molecule has 42 valence electrons. The number of hydrogen-bond donors (Lipinski definition) is 1. The van der Waals surface area contributed by atoms with Gasteiger partial charge in [0.25, 0.3) is 0 Å². The normalized spacial score (nSPS) is 18.5. The molecule has 0 saturated carbocycles. The third-order valence-electron chi connectivity index (χ3n) is 0.957. The van der Waals surface area contributed by atoms with Gasteiger partial charge in [-0.15, -0.1) is 0 Å². The average Bonchev–Trinajstić information content (AvgIpc) is 1.64. The van der Waals surface area contributed by atoms with E-state index >= 15 is 0 Å². The lowest BCUT2D eigenvalue weighted by Gasteiger charge is -1.99. The molecule has 8 heavy (non-hydrogen) atoms. The highest BCUT2D eigenvalue weighted by Crippen LogP contribution is 2.01. The van der Waals surface area contributed by atoms with Crippen LogP contribution in [0.3, 0.4) is 0 Å². The topological polar surface area (TPSA) is 26.0 Å². The highest BCUT2D eigenvalue weighted by atomic mass is 32.1. The molecular formula is C6H7NS. The second-order valence-corrected chi connectivity index (χ2v) is 2.24. The SMILES string of the molecule is NC1=CC(=S)CC=C1. The second kappa shape index (κ2) is 2.09. The van der Waals surface area contributed by atoms with Gasteiger partial charge in [-0.25, -0.2) is 0 Å². The third kappa shape index (κ3) is 1.17. The molecule has 2 heteroatoms. The average molecular weight is 125 g/mol. The van der Waals surface area contributed by atoms with Crippen LogP contribution in [0.1, 0.15) is 6.42 Å². The first kappa shape index (κ1) is 5.51. The van der Waals surface area contributed by atoms with E-state index in [9.17, 15) is 0 Å². The van der Waals surface area contributed by atoms with Gasteiger partial charge in [-0.3, -0.25) is 0 Å². The van der Waals surface area contributed by atoms with Gasteiger partial charge in [0.1, 0.15) is 0 Å². The predicted molar refractivity (Wildman–Crippen MR) is 38.6 cm³/mol. The number of thiocarbonyl (C=S) groups is 1. The summed E-state index contributed by atoms with van der Waals surface area (Å²) in [6.45, 7) is 0. The van der Waals surface area contributed by atoms with Crippen molar-refractivity contribution >= 4 is 17.1 Å². The molecule has 0 saturated heterocycles. The van der Waals surface area contributed by atoms with Crippen LogP contribution in [0.15, 0.2) is 23.9 Å². The maximum Gasteiger partial charge on any atom is 0.0322 e. The van der Waals surface area contributed by atoms with Gasteiger partial charge in [0.05, 0.1) is 0 Å². The molecule has 0 unspecified atom stereocenters. The van der Waals surface area contributed by atoms with Crippen LogP contribution in [-0.4, -0.2) is 4.86 Å². The van der Waals surface area contributed by atoms with Crippen LogP contribution in [-0.2, 0) is 0 Å². The van der Waals surface area contributed by atoms with Crippen LogP contribution in [0.2, 0.25) is 0 Å². The molecule has 1 aliphatic rings. The third-order valence-corrected chi connectivity index (χ3v) is 1.24. The van der Waals surface area contributed by atoms with E-state index in [0.29, 0.717) is 0 Å². The van der Waals surface area contributed by atoms with E-state index in [-0.39, 0.29) is 0 Å². The van der Waals surface area contributed by atoms with Gasteiger partial charge in [0.2, 0.25) is 0 Å². The molecule has 0 aromatic heterocycles. The summed E-state index contributed by atoms with van der Waals surface area (Å²) in [5.41, 5.74) is 6.18. The Morgan fingerprint density at radius 3 is 2.75 bits per heavy atom. The fourth-order valence-corrected chi connectivity index (χ4v) is 0.836. The van der Waals surface area contributed by atoms with Crippen molar-refractivity contribution in [3.05, 3.63) is 23.9 Å². The molecule has 0 aliphatic heterocycles. The number of nitrogens with two attached hydrogens (primary N) is 1. The van der Waals surface area contributed by atoms with Crippen molar-refractivity contribution in [1.82, 2.24) is 0 Å². The van der Waals surface area contributed by atoms with E-state index in [4.69, 9.17) is 18.0 Å². The summed E-state index contributed by atoms with van der Waals surface area (Å²) in [5, 5.41) is 0. The Morgan fingerprint density at radius 2 is 2.38 bits per heavy atom. The maximum absolute atomic E-state index is 5.41. The van der Waals surface area contributed by atoms with Gasteiger partial charge in [-0.2, -0.15) is 0 Å². The molecule has 1 nitrogen and oxygen atoms in total. The molecule has 0 heterocycles. The van der Waals surface area contributed by atoms with E-state index in [1.165, 1.54) is 0 Å². The van der Waals surface area contributed by atoms with E-state index in [0.717, 1.165) is 17.0 Å². The maximum atomic E-state index is 5.41. The monoisotopic (exact) mass is 125 g/mol. The molecular weight excluding hydrogens is 118 g/mol. The molecule has 0 radical (unpaired) electrons. The Morgan fingerprint density at radius 1 is 1.62 bits per heavy atom. The molecule has 0 fully saturated rings. The lowest BCUT2D eigenvalue weighted by Crippen LogP contribution is -2.01. The van der Waals surface area contributed by atoms with E-state index in [1.54, 1.807) is 0 Å². The summed E-state index contributed by atoms with van der Waals surface area (Å²) in [7, 11) is 0. The van der Waals surface area contributed by atoms with Crippen molar-refractivity contribution in [3.63, 3.8) is 0 Å². The summed E-state index contributed by atoms with van der Waals surface area (Å²) in [5.74, 6) is 0. The van der Waals surface area contributed by atoms with E-state index in [2.05, 4.69) is 0 Å². The zero-order valence-electron chi connectivity index (χ0n) is 4.42. The summed E-state index contributed by atoms with van der Waals surface area (Å²) in [6.07, 6.45) is 6.53. The zero-order valence-corrected chi connectivity index (χ0v) is 5.24. The molecule has 0 aromatic rings. The summed E-state index contributed by atoms with van der Waals surface area (Å²) in [4.78, 5) is 0.921.